The molecule has 0 aliphatic rings. The molecule has 6 nitrogen and oxygen atoms in total. The van der Waals surface area contributed by atoms with Crippen LogP contribution in [0.4, 0.5) is 5.69 Å². The summed E-state index contributed by atoms with van der Waals surface area (Å²) in [6.07, 6.45) is 0. The number of benzene rings is 2. The Morgan fingerprint density at radius 1 is 1.20 bits per heavy atom. The van der Waals surface area contributed by atoms with Gasteiger partial charge in [0.25, 0.3) is 5.91 Å². The lowest BCUT2D eigenvalue weighted by molar-refractivity contribution is 0.102. The molecule has 0 bridgehead atoms. The molecular formula is C18H17ClN4O2. The van der Waals surface area contributed by atoms with E-state index < -0.39 is 0 Å². The van der Waals surface area contributed by atoms with E-state index in [-0.39, 0.29) is 18.2 Å². The van der Waals surface area contributed by atoms with Crippen molar-refractivity contribution >= 4 is 23.2 Å². The summed E-state index contributed by atoms with van der Waals surface area (Å²) in [5, 5.41) is 20.5. The van der Waals surface area contributed by atoms with Crippen molar-refractivity contribution in [3.63, 3.8) is 0 Å². The number of carbonyl (C=O) groups is 1. The van der Waals surface area contributed by atoms with Gasteiger partial charge in [0.15, 0.2) is 5.69 Å². The average molecular weight is 357 g/mol. The van der Waals surface area contributed by atoms with Crippen LogP contribution < -0.4 is 5.32 Å². The molecular weight excluding hydrogens is 340 g/mol. The van der Waals surface area contributed by atoms with Crippen LogP contribution in [-0.2, 0) is 13.2 Å². The highest BCUT2D eigenvalue weighted by atomic mass is 35.5. The maximum atomic E-state index is 12.4. The van der Waals surface area contributed by atoms with E-state index in [9.17, 15) is 4.79 Å². The maximum Gasteiger partial charge on any atom is 0.278 e. The molecule has 0 spiro atoms. The Labute approximate surface area is 150 Å². The summed E-state index contributed by atoms with van der Waals surface area (Å²) >= 11 is 5.99. The molecule has 0 saturated heterocycles. The van der Waals surface area contributed by atoms with Gasteiger partial charge in [-0.25, -0.2) is 4.68 Å². The summed E-state index contributed by atoms with van der Waals surface area (Å²) in [7, 11) is 0. The molecule has 1 heterocycles. The van der Waals surface area contributed by atoms with Crippen LogP contribution in [0.15, 0.2) is 48.5 Å². The van der Waals surface area contributed by atoms with E-state index in [1.165, 1.54) is 0 Å². The number of rotatable bonds is 5. The number of hydrogen-bond acceptors (Lipinski definition) is 4. The molecule has 1 amide bonds. The molecule has 0 saturated carbocycles. The molecule has 0 unspecified atom stereocenters. The van der Waals surface area contributed by atoms with E-state index in [1.807, 2.05) is 18.2 Å². The van der Waals surface area contributed by atoms with Crippen molar-refractivity contribution in [3.8, 4) is 0 Å². The molecule has 25 heavy (non-hydrogen) atoms. The zero-order valence-corrected chi connectivity index (χ0v) is 14.4. The van der Waals surface area contributed by atoms with Gasteiger partial charge >= 0.3 is 0 Å². The third-order valence-electron chi connectivity index (χ3n) is 3.81. The first kappa shape index (κ1) is 17.1. The van der Waals surface area contributed by atoms with E-state index in [4.69, 9.17) is 16.7 Å². The molecule has 0 fully saturated rings. The SMILES string of the molecule is Cc1c(C(=O)Nc2ccc(CO)cc2)nnn1Cc1cccc(Cl)c1. The molecule has 2 aromatic carbocycles. The second-order valence-corrected chi connectivity index (χ2v) is 6.06. The topological polar surface area (TPSA) is 80.0 Å². The Kier molecular flexibility index (Phi) is 5.11. The molecule has 3 aromatic rings. The van der Waals surface area contributed by atoms with Crippen molar-refractivity contribution in [2.24, 2.45) is 0 Å². The zero-order valence-electron chi connectivity index (χ0n) is 13.6. The van der Waals surface area contributed by atoms with Crippen molar-refractivity contribution < 1.29 is 9.90 Å². The number of aromatic nitrogens is 3. The van der Waals surface area contributed by atoms with E-state index >= 15 is 0 Å². The number of hydrogen-bond donors (Lipinski definition) is 2. The Balaban J connectivity index is 1.74. The lowest BCUT2D eigenvalue weighted by Gasteiger charge is -2.06. The van der Waals surface area contributed by atoms with Crippen LogP contribution in [0.25, 0.3) is 0 Å². The van der Waals surface area contributed by atoms with Crippen LogP contribution in [0, 0.1) is 6.92 Å². The Morgan fingerprint density at radius 2 is 1.96 bits per heavy atom. The number of aliphatic hydroxyl groups excluding tert-OH is 1. The fourth-order valence-corrected chi connectivity index (χ4v) is 2.63. The molecule has 0 aliphatic carbocycles. The average Bonchev–Trinajstić information content (AvgIpc) is 2.96. The van der Waals surface area contributed by atoms with Crippen LogP contribution in [0.5, 0.6) is 0 Å². The minimum Gasteiger partial charge on any atom is -0.392 e. The number of nitrogens with one attached hydrogen (secondary N) is 1. The number of aliphatic hydroxyl groups is 1. The zero-order chi connectivity index (χ0) is 17.8. The van der Waals surface area contributed by atoms with Crippen LogP contribution in [0.1, 0.15) is 27.3 Å². The Hall–Kier alpha value is -2.70. The fraction of sp³-hybridized carbons (Fsp3) is 0.167. The summed E-state index contributed by atoms with van der Waals surface area (Å²) < 4.78 is 1.66. The first-order valence-corrected chi connectivity index (χ1v) is 8.10. The van der Waals surface area contributed by atoms with Crippen molar-refractivity contribution in [1.29, 1.82) is 0 Å². The maximum absolute atomic E-state index is 12.4. The second kappa shape index (κ2) is 7.46. The smallest absolute Gasteiger partial charge is 0.278 e. The monoisotopic (exact) mass is 356 g/mol. The summed E-state index contributed by atoms with van der Waals surface area (Å²) in [6.45, 7) is 2.25. The lowest BCUT2D eigenvalue weighted by Crippen LogP contribution is -2.14. The normalized spacial score (nSPS) is 10.7. The second-order valence-electron chi connectivity index (χ2n) is 5.62. The van der Waals surface area contributed by atoms with Crippen molar-refractivity contribution in [2.45, 2.75) is 20.1 Å². The lowest BCUT2D eigenvalue weighted by atomic mass is 10.2. The molecule has 128 valence electrons. The van der Waals surface area contributed by atoms with Crippen LogP contribution in [-0.4, -0.2) is 26.0 Å². The number of amides is 1. The van der Waals surface area contributed by atoms with Crippen molar-refractivity contribution in [3.05, 3.63) is 76.1 Å². The molecule has 0 atom stereocenters. The van der Waals surface area contributed by atoms with E-state index in [0.717, 1.165) is 11.1 Å². The van der Waals surface area contributed by atoms with Crippen molar-refractivity contribution in [1.82, 2.24) is 15.0 Å². The minimum atomic E-state index is -0.327. The van der Waals surface area contributed by atoms with Crippen LogP contribution in [0.2, 0.25) is 5.02 Å². The van der Waals surface area contributed by atoms with Gasteiger partial charge in [0.05, 0.1) is 18.8 Å². The highest BCUT2D eigenvalue weighted by Crippen LogP contribution is 2.15. The van der Waals surface area contributed by atoms with Crippen LogP contribution >= 0.6 is 11.6 Å². The van der Waals surface area contributed by atoms with E-state index in [1.54, 1.807) is 41.9 Å². The number of halogens is 1. The molecule has 3 rings (SSSR count). The first-order valence-electron chi connectivity index (χ1n) is 7.72. The minimum absolute atomic E-state index is 0.0365. The summed E-state index contributed by atoms with van der Waals surface area (Å²) in [4.78, 5) is 12.4. The van der Waals surface area contributed by atoms with Gasteiger partial charge in [-0.1, -0.05) is 41.1 Å². The predicted octanol–water partition coefficient (Wildman–Crippen LogP) is 3.03. The van der Waals surface area contributed by atoms with E-state index in [0.29, 0.717) is 22.9 Å². The highest BCUT2D eigenvalue weighted by molar-refractivity contribution is 6.30. The van der Waals surface area contributed by atoms with Gasteiger partial charge in [0.2, 0.25) is 0 Å². The molecule has 7 heteroatoms. The number of anilines is 1. The van der Waals surface area contributed by atoms with Gasteiger partial charge in [0, 0.05) is 10.7 Å². The van der Waals surface area contributed by atoms with Gasteiger partial charge < -0.3 is 10.4 Å². The third kappa shape index (κ3) is 4.04. The quantitative estimate of drug-likeness (QED) is 0.736. The standard InChI is InChI=1S/C18H17ClN4O2/c1-12-17(18(25)20-16-7-5-13(11-24)6-8-16)21-22-23(12)10-14-3-2-4-15(19)9-14/h2-9,24H,10-11H2,1H3,(H,20,25). The Bertz CT molecular complexity index is 890. The van der Waals surface area contributed by atoms with Gasteiger partial charge in [-0.05, 0) is 42.3 Å². The number of nitrogens with zero attached hydrogens (tertiary/aromatic N) is 3. The van der Waals surface area contributed by atoms with Crippen molar-refractivity contribution in [2.75, 3.05) is 5.32 Å². The van der Waals surface area contributed by atoms with Gasteiger partial charge in [0.1, 0.15) is 0 Å². The number of carbonyl (C=O) groups excluding carboxylic acids is 1. The summed E-state index contributed by atoms with van der Waals surface area (Å²) in [6, 6.07) is 14.4. The summed E-state index contributed by atoms with van der Waals surface area (Å²) in [5.41, 5.74) is 3.33. The van der Waals surface area contributed by atoms with E-state index in [2.05, 4.69) is 15.6 Å². The largest absolute Gasteiger partial charge is 0.392 e. The van der Waals surface area contributed by atoms with Gasteiger partial charge in [-0.3, -0.25) is 4.79 Å². The van der Waals surface area contributed by atoms with Gasteiger partial charge in [-0.15, -0.1) is 5.10 Å². The molecule has 2 N–H and O–H groups in total. The Morgan fingerprint density at radius 3 is 2.64 bits per heavy atom. The molecule has 0 radical (unpaired) electrons. The third-order valence-corrected chi connectivity index (χ3v) is 4.05. The molecule has 0 aliphatic heterocycles. The molecule has 1 aromatic heterocycles. The highest BCUT2D eigenvalue weighted by Gasteiger charge is 2.17. The summed E-state index contributed by atoms with van der Waals surface area (Å²) in [5.74, 6) is -0.327. The predicted molar refractivity (Wildman–Crippen MR) is 95.6 cm³/mol. The fourth-order valence-electron chi connectivity index (χ4n) is 2.41. The van der Waals surface area contributed by atoms with Gasteiger partial charge in [-0.2, -0.15) is 0 Å². The van der Waals surface area contributed by atoms with Crippen LogP contribution in [0.3, 0.4) is 0 Å². The first-order chi connectivity index (χ1) is 12.1.